The van der Waals surface area contributed by atoms with Crippen LogP contribution in [0, 0.1) is 12.7 Å². The first-order valence-corrected chi connectivity index (χ1v) is 7.05. The van der Waals surface area contributed by atoms with E-state index < -0.39 is 0 Å². The molecule has 0 amide bonds. The molecule has 0 atom stereocenters. The standard InChI is InChI=1S/C17H18FN3/c1-12-11-14(18)8-7-13(12)9-10-19-17-20-15-5-3-4-6-16(15)21(17)2/h3-8,11H,9-10H2,1-2H3,(H,19,20). The third kappa shape index (κ3) is 2.75. The fourth-order valence-electron chi connectivity index (χ4n) is 2.55. The number of hydrogen-bond donors (Lipinski definition) is 1. The number of fused-ring (bicyclic) bond motifs is 1. The Labute approximate surface area is 123 Å². The van der Waals surface area contributed by atoms with Gasteiger partial charge in [0.05, 0.1) is 11.0 Å². The largest absolute Gasteiger partial charge is 0.355 e. The summed E-state index contributed by atoms with van der Waals surface area (Å²) in [5.41, 5.74) is 4.24. The summed E-state index contributed by atoms with van der Waals surface area (Å²) in [5, 5.41) is 3.35. The van der Waals surface area contributed by atoms with E-state index in [2.05, 4.69) is 16.4 Å². The minimum atomic E-state index is -0.181. The Morgan fingerprint density at radius 2 is 2.00 bits per heavy atom. The van der Waals surface area contributed by atoms with Crippen LogP contribution in [0.2, 0.25) is 0 Å². The molecule has 0 spiro atoms. The first kappa shape index (κ1) is 13.6. The number of benzene rings is 2. The number of anilines is 1. The molecule has 0 unspecified atom stereocenters. The van der Waals surface area contributed by atoms with Crippen molar-refractivity contribution >= 4 is 17.0 Å². The van der Waals surface area contributed by atoms with E-state index in [0.717, 1.165) is 41.1 Å². The molecule has 0 radical (unpaired) electrons. The molecule has 0 fully saturated rings. The summed E-state index contributed by atoms with van der Waals surface area (Å²) >= 11 is 0. The van der Waals surface area contributed by atoms with Gasteiger partial charge in [0.25, 0.3) is 0 Å². The molecular weight excluding hydrogens is 265 g/mol. The average Bonchev–Trinajstić information content (AvgIpc) is 2.79. The Morgan fingerprint density at radius 3 is 2.76 bits per heavy atom. The second-order valence-corrected chi connectivity index (χ2v) is 5.23. The van der Waals surface area contributed by atoms with E-state index in [-0.39, 0.29) is 5.82 Å². The first-order chi connectivity index (χ1) is 10.1. The molecule has 21 heavy (non-hydrogen) atoms. The lowest BCUT2D eigenvalue weighted by molar-refractivity contribution is 0.625. The van der Waals surface area contributed by atoms with Gasteiger partial charge >= 0.3 is 0 Å². The van der Waals surface area contributed by atoms with Gasteiger partial charge in [0.1, 0.15) is 5.82 Å². The molecule has 3 rings (SSSR count). The van der Waals surface area contributed by atoms with Gasteiger partial charge in [-0.15, -0.1) is 0 Å². The summed E-state index contributed by atoms with van der Waals surface area (Å²) in [6, 6.07) is 13.0. The van der Waals surface area contributed by atoms with Crippen molar-refractivity contribution in [3.05, 3.63) is 59.4 Å². The van der Waals surface area contributed by atoms with Crippen LogP contribution in [0.5, 0.6) is 0 Å². The van der Waals surface area contributed by atoms with E-state index >= 15 is 0 Å². The normalized spacial score (nSPS) is 11.0. The fraction of sp³-hybridized carbons (Fsp3) is 0.235. The molecule has 4 heteroatoms. The highest BCUT2D eigenvalue weighted by Crippen LogP contribution is 2.17. The topological polar surface area (TPSA) is 29.9 Å². The molecule has 1 aromatic heterocycles. The lowest BCUT2D eigenvalue weighted by Crippen LogP contribution is -2.09. The maximum atomic E-state index is 13.1. The molecule has 0 aliphatic heterocycles. The predicted octanol–water partition coefficient (Wildman–Crippen LogP) is 3.68. The smallest absolute Gasteiger partial charge is 0.203 e. The van der Waals surface area contributed by atoms with Crippen LogP contribution in [-0.2, 0) is 13.5 Å². The van der Waals surface area contributed by atoms with Crippen molar-refractivity contribution in [3.63, 3.8) is 0 Å². The number of halogens is 1. The van der Waals surface area contributed by atoms with Crippen LogP contribution in [0.25, 0.3) is 11.0 Å². The third-order valence-electron chi connectivity index (χ3n) is 3.77. The van der Waals surface area contributed by atoms with Gasteiger partial charge < -0.3 is 9.88 Å². The van der Waals surface area contributed by atoms with Crippen LogP contribution in [0.4, 0.5) is 10.3 Å². The zero-order chi connectivity index (χ0) is 14.8. The Balaban J connectivity index is 1.70. The van der Waals surface area contributed by atoms with Crippen LogP contribution in [0.3, 0.4) is 0 Å². The monoisotopic (exact) mass is 283 g/mol. The summed E-state index contributed by atoms with van der Waals surface area (Å²) in [4.78, 5) is 4.57. The van der Waals surface area contributed by atoms with E-state index in [1.807, 2.05) is 42.8 Å². The van der Waals surface area contributed by atoms with Crippen LogP contribution in [0.15, 0.2) is 42.5 Å². The summed E-state index contributed by atoms with van der Waals surface area (Å²) < 4.78 is 15.1. The van der Waals surface area contributed by atoms with Crippen molar-refractivity contribution in [2.45, 2.75) is 13.3 Å². The molecule has 1 N–H and O–H groups in total. The first-order valence-electron chi connectivity index (χ1n) is 7.05. The van der Waals surface area contributed by atoms with Gasteiger partial charge in [-0.2, -0.15) is 0 Å². The van der Waals surface area contributed by atoms with Crippen molar-refractivity contribution in [3.8, 4) is 0 Å². The molecule has 0 bridgehead atoms. The van der Waals surface area contributed by atoms with Crippen molar-refractivity contribution in [1.82, 2.24) is 9.55 Å². The molecule has 0 aliphatic carbocycles. The molecule has 108 valence electrons. The summed E-state index contributed by atoms with van der Waals surface area (Å²) in [5.74, 6) is 0.676. The van der Waals surface area contributed by atoms with Crippen molar-refractivity contribution in [2.24, 2.45) is 7.05 Å². The van der Waals surface area contributed by atoms with E-state index in [4.69, 9.17) is 0 Å². The maximum absolute atomic E-state index is 13.1. The molecular formula is C17H18FN3. The van der Waals surface area contributed by atoms with Gasteiger partial charge in [-0.05, 0) is 48.7 Å². The highest BCUT2D eigenvalue weighted by molar-refractivity contribution is 5.78. The summed E-state index contributed by atoms with van der Waals surface area (Å²) in [6.07, 6.45) is 0.843. The molecule has 3 aromatic rings. The van der Waals surface area contributed by atoms with Gasteiger partial charge in [0.15, 0.2) is 0 Å². The zero-order valence-electron chi connectivity index (χ0n) is 12.2. The van der Waals surface area contributed by atoms with E-state index in [1.165, 1.54) is 6.07 Å². The van der Waals surface area contributed by atoms with Gasteiger partial charge in [-0.1, -0.05) is 18.2 Å². The SMILES string of the molecule is Cc1cc(F)ccc1CCNc1nc2ccccc2n1C. The van der Waals surface area contributed by atoms with E-state index in [0.29, 0.717) is 0 Å². The minimum Gasteiger partial charge on any atom is -0.355 e. The lowest BCUT2D eigenvalue weighted by atomic mass is 10.1. The maximum Gasteiger partial charge on any atom is 0.203 e. The highest BCUT2D eigenvalue weighted by Gasteiger charge is 2.06. The van der Waals surface area contributed by atoms with Crippen molar-refractivity contribution < 1.29 is 4.39 Å². The van der Waals surface area contributed by atoms with Gasteiger partial charge in [-0.25, -0.2) is 9.37 Å². The number of imidazole rings is 1. The highest BCUT2D eigenvalue weighted by atomic mass is 19.1. The second kappa shape index (κ2) is 5.56. The molecule has 3 nitrogen and oxygen atoms in total. The van der Waals surface area contributed by atoms with Crippen LogP contribution in [-0.4, -0.2) is 16.1 Å². The quantitative estimate of drug-likeness (QED) is 0.791. The zero-order valence-corrected chi connectivity index (χ0v) is 12.2. The van der Waals surface area contributed by atoms with Crippen LogP contribution >= 0.6 is 0 Å². The number of aromatic nitrogens is 2. The van der Waals surface area contributed by atoms with Crippen molar-refractivity contribution in [2.75, 3.05) is 11.9 Å². The number of nitrogens with zero attached hydrogens (tertiary/aromatic N) is 2. The number of nitrogens with one attached hydrogen (secondary N) is 1. The number of aryl methyl sites for hydroxylation is 2. The molecule has 2 aromatic carbocycles. The average molecular weight is 283 g/mol. The number of hydrogen-bond acceptors (Lipinski definition) is 2. The number of rotatable bonds is 4. The van der Waals surface area contributed by atoms with E-state index in [1.54, 1.807) is 6.07 Å². The lowest BCUT2D eigenvalue weighted by Gasteiger charge is -2.08. The van der Waals surface area contributed by atoms with Gasteiger partial charge in [0, 0.05) is 13.6 Å². The molecule has 0 aliphatic rings. The second-order valence-electron chi connectivity index (χ2n) is 5.23. The van der Waals surface area contributed by atoms with Crippen LogP contribution in [0.1, 0.15) is 11.1 Å². The molecule has 0 saturated heterocycles. The Morgan fingerprint density at radius 1 is 1.19 bits per heavy atom. The fourth-order valence-corrected chi connectivity index (χ4v) is 2.55. The van der Waals surface area contributed by atoms with Gasteiger partial charge in [-0.3, -0.25) is 0 Å². The predicted molar refractivity (Wildman–Crippen MR) is 84.0 cm³/mol. The Hall–Kier alpha value is -2.36. The van der Waals surface area contributed by atoms with E-state index in [9.17, 15) is 4.39 Å². The Bertz CT molecular complexity index is 777. The number of para-hydroxylation sites is 2. The van der Waals surface area contributed by atoms with Crippen molar-refractivity contribution in [1.29, 1.82) is 0 Å². The van der Waals surface area contributed by atoms with Crippen LogP contribution < -0.4 is 5.32 Å². The third-order valence-corrected chi connectivity index (χ3v) is 3.77. The Kier molecular flexibility index (Phi) is 3.60. The van der Waals surface area contributed by atoms with Gasteiger partial charge in [0.2, 0.25) is 5.95 Å². The summed E-state index contributed by atoms with van der Waals surface area (Å²) in [6.45, 7) is 2.71. The summed E-state index contributed by atoms with van der Waals surface area (Å²) in [7, 11) is 2.00. The minimum absolute atomic E-state index is 0.181. The molecule has 1 heterocycles. The molecule has 0 saturated carbocycles.